The Hall–Kier alpha value is -1.58. The molecule has 1 heterocycles. The average Bonchev–Trinajstić information content (AvgIpc) is 2.83. The molecule has 0 spiro atoms. The number of aliphatic hydroxyl groups excluding tert-OH is 1. The molecule has 0 radical (unpaired) electrons. The summed E-state index contributed by atoms with van der Waals surface area (Å²) in [4.78, 5) is 23.1. The van der Waals surface area contributed by atoms with Crippen molar-refractivity contribution in [3.05, 3.63) is 23.5 Å². The van der Waals surface area contributed by atoms with Crippen LogP contribution in [0, 0.1) is 0 Å². The highest BCUT2D eigenvalue weighted by atomic mass is 16.5. The molecule has 0 bridgehead atoms. The van der Waals surface area contributed by atoms with Gasteiger partial charge in [0.25, 0.3) is 0 Å². The fourth-order valence-electron chi connectivity index (χ4n) is 2.43. The molecular weight excluding hydrogens is 280 g/mol. The smallest absolute Gasteiger partial charge is 0.345 e. The second-order valence-corrected chi connectivity index (χ2v) is 5.74. The van der Waals surface area contributed by atoms with E-state index in [0.717, 1.165) is 25.7 Å². The molecule has 124 valence electrons. The van der Waals surface area contributed by atoms with Gasteiger partial charge in [0.2, 0.25) is 0 Å². The van der Waals surface area contributed by atoms with E-state index < -0.39 is 5.97 Å². The van der Waals surface area contributed by atoms with Gasteiger partial charge in [0.15, 0.2) is 5.78 Å². The zero-order valence-corrected chi connectivity index (χ0v) is 13.6. The fraction of sp³-hybridized carbons (Fsp3) is 0.667. The molecule has 1 aliphatic rings. The first kappa shape index (κ1) is 18.5. The molecule has 0 saturated heterocycles. The van der Waals surface area contributed by atoms with E-state index >= 15 is 0 Å². The van der Waals surface area contributed by atoms with Crippen molar-refractivity contribution >= 4 is 11.8 Å². The number of ether oxygens (including phenoxy) is 1. The molecule has 0 aromatic rings. The lowest BCUT2D eigenvalue weighted by atomic mass is 10.0. The third-order valence-electron chi connectivity index (χ3n) is 3.78. The van der Waals surface area contributed by atoms with Crippen LogP contribution < -0.4 is 0 Å². The maximum atomic E-state index is 11.8. The van der Waals surface area contributed by atoms with E-state index in [9.17, 15) is 14.7 Å². The van der Waals surface area contributed by atoms with Crippen LogP contribution in [0.25, 0.3) is 0 Å². The number of hydrogen-bond acceptors (Lipinski definition) is 4. The number of aliphatic hydroxyl groups is 1. The van der Waals surface area contributed by atoms with Crippen molar-refractivity contribution < 1.29 is 19.4 Å². The molecule has 1 aliphatic heterocycles. The van der Waals surface area contributed by atoms with Gasteiger partial charge in [-0.15, -0.1) is 0 Å². The van der Waals surface area contributed by atoms with Crippen molar-refractivity contribution in [2.24, 2.45) is 0 Å². The first-order valence-corrected chi connectivity index (χ1v) is 8.44. The second-order valence-electron chi connectivity index (χ2n) is 5.74. The number of ketones is 1. The molecule has 0 aromatic carbocycles. The summed E-state index contributed by atoms with van der Waals surface area (Å²) in [5.74, 6) is -1.19. The number of allylic oxidation sites excluding steroid dienone is 2. The molecule has 0 saturated carbocycles. The van der Waals surface area contributed by atoms with Crippen molar-refractivity contribution in [3.8, 4) is 0 Å². The molecule has 0 aliphatic carbocycles. The molecule has 0 fully saturated rings. The largest absolute Gasteiger partial charge is 0.508 e. The molecular formula is C18H28O4. The Morgan fingerprint density at radius 2 is 1.73 bits per heavy atom. The van der Waals surface area contributed by atoms with Gasteiger partial charge >= 0.3 is 5.97 Å². The minimum Gasteiger partial charge on any atom is -0.508 e. The number of cyclic esters (lactones) is 1. The Balaban J connectivity index is 2.00. The first-order chi connectivity index (χ1) is 10.7. The normalized spacial score (nSPS) is 14.9. The molecule has 1 N–H and O–H groups in total. The Morgan fingerprint density at radius 1 is 1.09 bits per heavy atom. The number of esters is 1. The number of unbranched alkanes of at least 4 members (excludes halogenated alkanes) is 7. The van der Waals surface area contributed by atoms with Gasteiger partial charge in [0.1, 0.15) is 17.9 Å². The molecule has 0 aromatic heterocycles. The van der Waals surface area contributed by atoms with Gasteiger partial charge in [-0.2, -0.15) is 0 Å². The van der Waals surface area contributed by atoms with E-state index in [0.29, 0.717) is 6.42 Å². The molecule has 0 atom stereocenters. The first-order valence-electron chi connectivity index (χ1n) is 8.44. The summed E-state index contributed by atoms with van der Waals surface area (Å²) in [6, 6.07) is 0. The fourth-order valence-corrected chi connectivity index (χ4v) is 2.43. The van der Waals surface area contributed by atoms with Crippen LogP contribution in [0.3, 0.4) is 0 Å². The van der Waals surface area contributed by atoms with E-state index in [1.54, 1.807) is 0 Å². The lowest BCUT2D eigenvalue weighted by molar-refractivity contribution is -0.137. The van der Waals surface area contributed by atoms with Gasteiger partial charge in [-0.05, 0) is 25.7 Å². The van der Waals surface area contributed by atoms with Gasteiger partial charge in [-0.25, -0.2) is 4.79 Å². The van der Waals surface area contributed by atoms with E-state index in [4.69, 9.17) is 0 Å². The van der Waals surface area contributed by atoms with Gasteiger partial charge in [-0.1, -0.05) is 51.2 Å². The maximum absolute atomic E-state index is 11.8. The average molecular weight is 308 g/mol. The number of Topliss-reactive ketones (excluding diaryl/α,β-unsaturated/α-hetero) is 1. The second kappa shape index (κ2) is 11.0. The standard InChI is InChI=1S/C18H28O4/c1-2-3-4-5-6-7-8-9-10-11-12-13-15(19)17-16(20)14-22-18(17)21/h5-6,20H,2-4,7-14H2,1H3/b6-5-. The lowest BCUT2D eigenvalue weighted by Gasteiger charge is -2.01. The van der Waals surface area contributed by atoms with Crippen molar-refractivity contribution in [1.29, 1.82) is 0 Å². The van der Waals surface area contributed by atoms with Crippen LogP contribution in [0.1, 0.15) is 71.1 Å². The highest BCUT2D eigenvalue weighted by Gasteiger charge is 2.29. The molecule has 0 unspecified atom stereocenters. The van der Waals surface area contributed by atoms with E-state index in [1.165, 1.54) is 32.1 Å². The topological polar surface area (TPSA) is 63.6 Å². The Morgan fingerprint density at radius 3 is 2.36 bits per heavy atom. The van der Waals surface area contributed by atoms with Crippen LogP contribution >= 0.6 is 0 Å². The van der Waals surface area contributed by atoms with Crippen LogP contribution in [-0.2, 0) is 14.3 Å². The minimum atomic E-state index is -0.683. The van der Waals surface area contributed by atoms with Crippen LogP contribution in [0.2, 0.25) is 0 Å². The lowest BCUT2D eigenvalue weighted by Crippen LogP contribution is -2.10. The third kappa shape index (κ3) is 6.92. The molecule has 4 heteroatoms. The van der Waals surface area contributed by atoms with Gasteiger partial charge < -0.3 is 9.84 Å². The van der Waals surface area contributed by atoms with E-state index in [-0.39, 0.29) is 23.7 Å². The number of carbonyl (C=O) groups is 2. The van der Waals surface area contributed by atoms with Crippen molar-refractivity contribution in [2.75, 3.05) is 6.61 Å². The highest BCUT2D eigenvalue weighted by molar-refractivity contribution is 6.18. The van der Waals surface area contributed by atoms with Crippen molar-refractivity contribution in [1.82, 2.24) is 0 Å². The summed E-state index contributed by atoms with van der Waals surface area (Å²) in [5, 5.41) is 9.41. The highest BCUT2D eigenvalue weighted by Crippen LogP contribution is 2.17. The minimum absolute atomic E-state index is 0.141. The monoisotopic (exact) mass is 308 g/mol. The van der Waals surface area contributed by atoms with E-state index in [2.05, 4.69) is 23.8 Å². The van der Waals surface area contributed by atoms with Crippen LogP contribution in [0.4, 0.5) is 0 Å². The van der Waals surface area contributed by atoms with E-state index in [1.807, 2.05) is 0 Å². The third-order valence-corrected chi connectivity index (χ3v) is 3.78. The summed E-state index contributed by atoms with van der Waals surface area (Å²) in [6.07, 6.45) is 14.9. The SMILES string of the molecule is CCCC/C=C\CCCCCCCC(=O)C1=C(O)COC1=O. The zero-order chi connectivity index (χ0) is 16.2. The Bertz CT molecular complexity index is 421. The molecule has 22 heavy (non-hydrogen) atoms. The summed E-state index contributed by atoms with van der Waals surface area (Å²) >= 11 is 0. The maximum Gasteiger partial charge on any atom is 0.345 e. The Labute approximate surface area is 133 Å². The zero-order valence-electron chi connectivity index (χ0n) is 13.6. The summed E-state index contributed by atoms with van der Waals surface area (Å²) in [6.45, 7) is 2.04. The number of carbonyl (C=O) groups excluding carboxylic acids is 2. The molecule has 1 rings (SSSR count). The summed E-state index contributed by atoms with van der Waals surface area (Å²) < 4.78 is 4.62. The van der Waals surface area contributed by atoms with Crippen LogP contribution in [0.5, 0.6) is 0 Å². The summed E-state index contributed by atoms with van der Waals surface area (Å²) in [5.41, 5.74) is -0.141. The van der Waals surface area contributed by atoms with Crippen molar-refractivity contribution in [3.63, 3.8) is 0 Å². The van der Waals surface area contributed by atoms with Crippen LogP contribution in [-0.4, -0.2) is 23.5 Å². The van der Waals surface area contributed by atoms with Crippen molar-refractivity contribution in [2.45, 2.75) is 71.1 Å². The molecule has 4 nitrogen and oxygen atoms in total. The number of rotatable bonds is 12. The molecule has 0 amide bonds. The Kier molecular flexibility index (Phi) is 9.28. The van der Waals surface area contributed by atoms with Gasteiger partial charge in [-0.3, -0.25) is 4.79 Å². The predicted octanol–water partition coefficient (Wildman–Crippen LogP) is 4.40. The summed E-state index contributed by atoms with van der Waals surface area (Å²) in [7, 11) is 0. The predicted molar refractivity (Wildman–Crippen MR) is 86.6 cm³/mol. The van der Waals surface area contributed by atoms with Crippen LogP contribution in [0.15, 0.2) is 23.5 Å². The van der Waals surface area contributed by atoms with Gasteiger partial charge in [0, 0.05) is 6.42 Å². The number of hydrogen-bond donors (Lipinski definition) is 1. The van der Waals surface area contributed by atoms with Gasteiger partial charge in [0.05, 0.1) is 0 Å². The quantitative estimate of drug-likeness (QED) is 0.251.